The molecule has 0 bridgehead atoms. The zero-order chi connectivity index (χ0) is 30.6. The number of aliphatic carboxylic acids is 1. The number of carboxylic acids is 1. The van der Waals surface area contributed by atoms with Gasteiger partial charge in [-0.2, -0.15) is 0 Å². The third-order valence-corrected chi connectivity index (χ3v) is 7.60. The molecule has 11 heteroatoms. The predicted molar refractivity (Wildman–Crippen MR) is 164 cm³/mol. The van der Waals surface area contributed by atoms with Gasteiger partial charge in [0.15, 0.2) is 5.76 Å². The highest BCUT2D eigenvalue weighted by Crippen LogP contribution is 2.34. The lowest BCUT2D eigenvalue weighted by Gasteiger charge is -2.29. The van der Waals surface area contributed by atoms with Crippen molar-refractivity contribution in [3.05, 3.63) is 78.1 Å². The first-order valence-electron chi connectivity index (χ1n) is 13.4. The molecule has 3 aromatic carbocycles. The Morgan fingerprint density at radius 2 is 1.62 bits per heavy atom. The second-order valence-electron chi connectivity index (χ2n) is 10.5. The Morgan fingerprint density at radius 3 is 2.17 bits per heavy atom. The summed E-state index contributed by atoms with van der Waals surface area (Å²) in [4.78, 5) is 26.9. The lowest BCUT2D eigenvalue weighted by Crippen LogP contribution is -2.45. The Morgan fingerprint density at radius 1 is 1.00 bits per heavy atom. The topological polar surface area (TPSA) is 133 Å². The van der Waals surface area contributed by atoms with Crippen LogP contribution in [-0.2, 0) is 16.1 Å². The van der Waals surface area contributed by atoms with Crippen molar-refractivity contribution in [1.82, 2.24) is 4.90 Å². The van der Waals surface area contributed by atoms with Gasteiger partial charge < -0.3 is 24.5 Å². The summed E-state index contributed by atoms with van der Waals surface area (Å²) in [5.41, 5.74) is 3.81. The first-order chi connectivity index (χ1) is 20.0. The smallest absolute Gasteiger partial charge is 0.327 e. The number of furan rings is 1. The number of anilines is 2. The number of fused-ring (bicyclic) bond motifs is 1. The Kier molecular flexibility index (Phi) is 9.66. The summed E-state index contributed by atoms with van der Waals surface area (Å²) in [6.45, 7) is 6.46. The van der Waals surface area contributed by atoms with E-state index in [0.29, 0.717) is 34.9 Å². The summed E-state index contributed by atoms with van der Waals surface area (Å²) in [6, 6.07) is 18.3. The molecule has 0 aliphatic rings. The zero-order valence-corrected chi connectivity index (χ0v) is 25.0. The zero-order valence-electron chi connectivity index (χ0n) is 24.2. The van der Waals surface area contributed by atoms with Crippen LogP contribution in [0.4, 0.5) is 11.4 Å². The molecule has 2 unspecified atom stereocenters. The molecule has 1 amide bonds. The Balaban J connectivity index is 1.49. The summed E-state index contributed by atoms with van der Waals surface area (Å²) in [7, 11) is 3.95. The van der Waals surface area contributed by atoms with Gasteiger partial charge in [0.2, 0.25) is 0 Å². The average molecular weight is 594 g/mol. The quantitative estimate of drug-likeness (QED) is 0.180. The van der Waals surface area contributed by atoms with Crippen LogP contribution >= 0.6 is 0 Å². The maximum absolute atomic E-state index is 13.1. The van der Waals surface area contributed by atoms with Gasteiger partial charge in [0.1, 0.15) is 24.0 Å². The Hall–Kier alpha value is -4.19. The monoisotopic (exact) mass is 593 g/mol. The standard InChI is InChI=1S/C31H35N3O7S/c1-19(2)28(31(36)37)34(42(38)39)24-15-11-22(12-16-24)21-9-13-23(14-10-21)32-30(35)29-20(3)27-25(40-18-17-33(4)5)7-6-8-26(27)41-29/h6-16,19,28H,17-18H2,1-5H3,(H,32,35)(H,36,37)(H,38,39). The van der Waals surface area contributed by atoms with Crippen LogP contribution < -0.4 is 14.4 Å². The molecule has 2 atom stereocenters. The number of likely N-dealkylation sites (N-methyl/N-ethyl adjacent to an activating group) is 1. The molecule has 3 N–H and O–H groups in total. The number of carbonyl (C=O) groups is 2. The molecule has 4 aromatic rings. The molecular weight excluding hydrogens is 558 g/mol. The summed E-state index contributed by atoms with van der Waals surface area (Å²) >= 11 is -2.52. The van der Waals surface area contributed by atoms with Crippen LogP contribution in [0.15, 0.2) is 71.1 Å². The molecule has 222 valence electrons. The first kappa shape index (κ1) is 30.8. The van der Waals surface area contributed by atoms with E-state index in [2.05, 4.69) is 5.32 Å². The van der Waals surface area contributed by atoms with E-state index in [-0.39, 0.29) is 11.7 Å². The molecule has 1 aromatic heterocycles. The Bertz CT molecular complexity index is 1580. The number of hydrogen-bond donors (Lipinski definition) is 3. The van der Waals surface area contributed by atoms with Crippen LogP contribution in [0.3, 0.4) is 0 Å². The van der Waals surface area contributed by atoms with Gasteiger partial charge in [-0.25, -0.2) is 9.00 Å². The SMILES string of the molecule is Cc1c(C(=O)Nc2ccc(-c3ccc(N(C(C(=O)O)C(C)C)S(=O)O)cc3)cc2)oc2cccc(OCCN(C)C)c12. The number of nitrogens with zero attached hydrogens (tertiary/aromatic N) is 2. The molecule has 10 nitrogen and oxygen atoms in total. The highest BCUT2D eigenvalue weighted by atomic mass is 32.2. The number of carboxylic acid groups (broad SMARTS) is 1. The van der Waals surface area contributed by atoms with E-state index < -0.39 is 29.2 Å². The highest BCUT2D eigenvalue weighted by molar-refractivity contribution is 7.80. The van der Waals surface area contributed by atoms with Crippen molar-refractivity contribution in [2.24, 2.45) is 5.92 Å². The molecule has 0 saturated carbocycles. The Labute approximate surface area is 247 Å². The van der Waals surface area contributed by atoms with Crippen LogP contribution in [0.25, 0.3) is 22.1 Å². The second-order valence-corrected chi connectivity index (χ2v) is 11.4. The number of rotatable bonds is 12. The average Bonchev–Trinajstić information content (AvgIpc) is 3.28. The normalized spacial score (nSPS) is 12.9. The van der Waals surface area contributed by atoms with Gasteiger partial charge in [-0.1, -0.05) is 44.2 Å². The lowest BCUT2D eigenvalue weighted by molar-refractivity contribution is -0.139. The van der Waals surface area contributed by atoms with Crippen LogP contribution in [0, 0.1) is 12.8 Å². The largest absolute Gasteiger partial charge is 0.491 e. The first-order valence-corrected chi connectivity index (χ1v) is 14.5. The molecule has 1 heterocycles. The molecule has 42 heavy (non-hydrogen) atoms. The van der Waals surface area contributed by atoms with Crippen molar-refractivity contribution in [2.45, 2.75) is 26.8 Å². The van der Waals surface area contributed by atoms with Crippen molar-refractivity contribution in [1.29, 1.82) is 0 Å². The highest BCUT2D eigenvalue weighted by Gasteiger charge is 2.32. The molecule has 0 spiro atoms. The van der Waals surface area contributed by atoms with Gasteiger partial charge >= 0.3 is 5.97 Å². The summed E-state index contributed by atoms with van der Waals surface area (Å²) in [5.74, 6) is -1.08. The fourth-order valence-corrected chi connectivity index (χ4v) is 5.51. The summed E-state index contributed by atoms with van der Waals surface area (Å²) < 4.78 is 34.7. The molecule has 0 fully saturated rings. The van der Waals surface area contributed by atoms with E-state index >= 15 is 0 Å². The number of hydrogen-bond acceptors (Lipinski definition) is 6. The third kappa shape index (κ3) is 6.81. The maximum atomic E-state index is 13.1. The number of benzene rings is 3. The van der Waals surface area contributed by atoms with E-state index in [0.717, 1.165) is 27.4 Å². The van der Waals surface area contributed by atoms with Gasteiger partial charge in [0.05, 0.1) is 11.1 Å². The van der Waals surface area contributed by atoms with Crippen LogP contribution in [0.2, 0.25) is 0 Å². The van der Waals surface area contributed by atoms with Crippen molar-refractivity contribution in [3.8, 4) is 16.9 Å². The summed E-state index contributed by atoms with van der Waals surface area (Å²) in [6.07, 6.45) is 0. The number of ether oxygens (including phenoxy) is 1. The van der Waals surface area contributed by atoms with Gasteiger partial charge in [-0.3, -0.25) is 13.7 Å². The van der Waals surface area contributed by atoms with E-state index in [1.54, 1.807) is 56.3 Å². The fourth-order valence-electron chi connectivity index (χ4n) is 4.68. The molecule has 0 radical (unpaired) electrons. The maximum Gasteiger partial charge on any atom is 0.327 e. The van der Waals surface area contributed by atoms with Crippen molar-refractivity contribution >= 4 is 45.5 Å². The third-order valence-electron chi connectivity index (χ3n) is 6.82. The van der Waals surface area contributed by atoms with Crippen molar-refractivity contribution < 1.29 is 32.6 Å². The predicted octanol–water partition coefficient (Wildman–Crippen LogP) is 5.65. The minimum Gasteiger partial charge on any atom is -0.491 e. The van der Waals surface area contributed by atoms with Crippen LogP contribution in [-0.4, -0.2) is 63.9 Å². The molecule has 0 aliphatic carbocycles. The lowest BCUT2D eigenvalue weighted by atomic mass is 10.0. The van der Waals surface area contributed by atoms with E-state index in [4.69, 9.17) is 9.15 Å². The van der Waals surface area contributed by atoms with Gasteiger partial charge in [-0.05, 0) is 74.5 Å². The van der Waals surface area contributed by atoms with Crippen LogP contribution in [0.1, 0.15) is 30.0 Å². The van der Waals surface area contributed by atoms with Gasteiger partial charge in [0.25, 0.3) is 17.2 Å². The van der Waals surface area contributed by atoms with Gasteiger partial charge in [-0.15, -0.1) is 0 Å². The summed E-state index contributed by atoms with van der Waals surface area (Å²) in [5, 5.41) is 13.3. The van der Waals surface area contributed by atoms with E-state index in [9.17, 15) is 23.5 Å². The number of aryl methyl sites for hydroxylation is 1. The number of nitrogens with one attached hydrogen (secondary N) is 1. The molecular formula is C31H35N3O7S. The minimum atomic E-state index is -2.52. The number of carbonyl (C=O) groups excluding carboxylic acids is 1. The molecule has 0 aliphatic heterocycles. The fraction of sp³-hybridized carbons (Fsp3) is 0.290. The number of amides is 1. The van der Waals surface area contributed by atoms with Crippen molar-refractivity contribution in [2.75, 3.05) is 36.9 Å². The van der Waals surface area contributed by atoms with E-state index in [1.807, 2.05) is 50.2 Å². The van der Waals surface area contributed by atoms with E-state index in [1.165, 1.54) is 0 Å². The molecule has 4 rings (SSSR count). The van der Waals surface area contributed by atoms with Crippen LogP contribution in [0.5, 0.6) is 5.75 Å². The second kappa shape index (κ2) is 13.2. The minimum absolute atomic E-state index is 0.209. The van der Waals surface area contributed by atoms with Gasteiger partial charge in [0, 0.05) is 17.8 Å². The molecule has 0 saturated heterocycles. The van der Waals surface area contributed by atoms with Crippen molar-refractivity contribution in [3.63, 3.8) is 0 Å².